The molecule has 0 fully saturated rings. The van der Waals surface area contributed by atoms with E-state index in [1.807, 2.05) is 30.3 Å². The summed E-state index contributed by atoms with van der Waals surface area (Å²) in [5.41, 5.74) is 11.5. The highest BCUT2D eigenvalue weighted by Gasteiger charge is 2.36. The molecule has 0 unspecified atom stereocenters. The van der Waals surface area contributed by atoms with E-state index in [2.05, 4.69) is 118 Å². The Kier molecular flexibility index (Phi) is 5.50. The monoisotopic (exact) mass is 541 g/mol. The third-order valence-corrected chi connectivity index (χ3v) is 9.04. The van der Waals surface area contributed by atoms with Crippen LogP contribution in [-0.4, -0.2) is 4.57 Å². The number of benzene rings is 5. The van der Waals surface area contributed by atoms with Gasteiger partial charge >= 0.3 is 0 Å². The van der Waals surface area contributed by atoms with Gasteiger partial charge in [-0.15, -0.1) is 0 Å². The van der Waals surface area contributed by atoms with Crippen LogP contribution in [0.1, 0.15) is 62.4 Å². The van der Waals surface area contributed by atoms with Crippen molar-refractivity contribution < 1.29 is 0 Å². The van der Waals surface area contributed by atoms with Gasteiger partial charge in [-0.3, -0.25) is 0 Å². The largest absolute Gasteiger partial charge is 0.308 e. The molecule has 0 amide bonds. The molecule has 3 heteroatoms. The molecule has 1 aliphatic carbocycles. The molecule has 1 aromatic heterocycles. The third kappa shape index (κ3) is 3.50. The first-order valence-electron chi connectivity index (χ1n) is 14.4. The minimum absolute atomic E-state index is 0.152. The van der Waals surface area contributed by atoms with E-state index in [4.69, 9.17) is 0 Å². The smallest absolute Gasteiger partial charge is 0.102 e. The molecular weight excluding hydrogens is 510 g/mol. The van der Waals surface area contributed by atoms with E-state index in [-0.39, 0.29) is 10.8 Å². The Morgan fingerprint density at radius 3 is 2.07 bits per heavy atom. The summed E-state index contributed by atoms with van der Waals surface area (Å²) in [6.45, 7) is 11.1. The maximum atomic E-state index is 10.8. The fourth-order valence-corrected chi connectivity index (χ4v) is 7.04. The van der Waals surface area contributed by atoms with Gasteiger partial charge < -0.3 is 4.57 Å². The summed E-state index contributed by atoms with van der Waals surface area (Å²) in [4.78, 5) is 0. The second kappa shape index (κ2) is 8.94. The Hall–Kier alpha value is -5.12. The lowest BCUT2D eigenvalue weighted by Gasteiger charge is -2.25. The van der Waals surface area contributed by atoms with Gasteiger partial charge in [0.2, 0.25) is 0 Å². The predicted octanol–water partition coefficient (Wildman–Crippen LogP) is 9.80. The Morgan fingerprint density at radius 2 is 1.33 bits per heavy atom. The minimum atomic E-state index is -0.167. The van der Waals surface area contributed by atoms with Gasteiger partial charge in [0, 0.05) is 21.8 Å². The van der Waals surface area contributed by atoms with E-state index in [0.717, 1.165) is 38.6 Å². The molecule has 202 valence electrons. The highest BCUT2D eigenvalue weighted by molar-refractivity contribution is 6.12. The molecule has 0 bridgehead atoms. The van der Waals surface area contributed by atoms with Crippen molar-refractivity contribution in [2.75, 3.05) is 0 Å². The fourth-order valence-electron chi connectivity index (χ4n) is 7.04. The average molecular weight is 542 g/mol. The van der Waals surface area contributed by atoms with Crippen molar-refractivity contribution in [3.8, 4) is 40.1 Å². The van der Waals surface area contributed by atoms with Crippen LogP contribution in [0.5, 0.6) is 0 Å². The van der Waals surface area contributed by atoms with Gasteiger partial charge in [0.1, 0.15) is 6.07 Å². The molecule has 5 aromatic carbocycles. The molecule has 0 spiro atoms. The van der Waals surface area contributed by atoms with Crippen LogP contribution in [0.4, 0.5) is 0 Å². The number of nitriles is 2. The zero-order valence-corrected chi connectivity index (χ0v) is 24.6. The summed E-state index contributed by atoms with van der Waals surface area (Å²) >= 11 is 0. The standard InChI is InChI=1S/C39H31N3/c1-38(2,3)31-15-9-7-14-27(31)37-24(22-40)18-19-35(30(37)23-41)42-34-17-11-8-13-26(34)29-20-28-25-12-6-10-16-32(25)39(4,5)33(28)21-36(29)42/h6-21H,1-5H3. The van der Waals surface area contributed by atoms with Crippen LogP contribution in [0.15, 0.2) is 97.1 Å². The van der Waals surface area contributed by atoms with Crippen molar-refractivity contribution in [2.24, 2.45) is 0 Å². The number of rotatable bonds is 2. The Bertz CT molecular complexity index is 2170. The number of para-hydroxylation sites is 1. The molecule has 6 aromatic rings. The van der Waals surface area contributed by atoms with Crippen molar-refractivity contribution in [2.45, 2.75) is 45.4 Å². The highest BCUT2D eigenvalue weighted by atomic mass is 15.0. The maximum Gasteiger partial charge on any atom is 0.102 e. The first-order valence-corrected chi connectivity index (χ1v) is 14.4. The Morgan fingerprint density at radius 1 is 0.643 bits per heavy atom. The van der Waals surface area contributed by atoms with E-state index in [9.17, 15) is 10.5 Å². The molecule has 1 aliphatic rings. The van der Waals surface area contributed by atoms with Crippen molar-refractivity contribution in [1.29, 1.82) is 10.5 Å². The fraction of sp³-hybridized carbons (Fsp3) is 0.179. The van der Waals surface area contributed by atoms with Crippen LogP contribution < -0.4 is 0 Å². The second-order valence-corrected chi connectivity index (χ2v) is 12.8. The number of hydrogen-bond donors (Lipinski definition) is 0. The van der Waals surface area contributed by atoms with Gasteiger partial charge in [-0.2, -0.15) is 10.5 Å². The Balaban J connectivity index is 1.61. The van der Waals surface area contributed by atoms with Crippen molar-refractivity contribution in [1.82, 2.24) is 4.57 Å². The zero-order chi connectivity index (χ0) is 29.4. The van der Waals surface area contributed by atoms with Gasteiger partial charge in [0.15, 0.2) is 0 Å². The van der Waals surface area contributed by atoms with Crippen LogP contribution >= 0.6 is 0 Å². The quantitative estimate of drug-likeness (QED) is 0.219. The van der Waals surface area contributed by atoms with Crippen LogP contribution in [0.2, 0.25) is 0 Å². The van der Waals surface area contributed by atoms with Crippen molar-refractivity contribution >= 4 is 21.8 Å². The SMILES string of the molecule is CC(C)(C)c1ccccc1-c1c(C#N)ccc(-n2c3ccccc3c3cc4c(cc32)C(C)(C)c2ccccc2-4)c1C#N. The van der Waals surface area contributed by atoms with E-state index in [0.29, 0.717) is 16.7 Å². The van der Waals surface area contributed by atoms with Crippen LogP contribution in [0.3, 0.4) is 0 Å². The van der Waals surface area contributed by atoms with E-state index >= 15 is 0 Å². The molecule has 0 radical (unpaired) electrons. The number of hydrogen-bond acceptors (Lipinski definition) is 2. The maximum absolute atomic E-state index is 10.8. The van der Waals surface area contributed by atoms with E-state index < -0.39 is 0 Å². The molecule has 1 heterocycles. The molecule has 0 atom stereocenters. The summed E-state index contributed by atoms with van der Waals surface area (Å²) in [5, 5.41) is 23.3. The molecule has 0 saturated heterocycles. The lowest BCUT2D eigenvalue weighted by atomic mass is 9.80. The molecule has 42 heavy (non-hydrogen) atoms. The van der Waals surface area contributed by atoms with Gasteiger partial charge in [-0.25, -0.2) is 0 Å². The molecule has 7 rings (SSSR count). The van der Waals surface area contributed by atoms with Gasteiger partial charge in [0.25, 0.3) is 0 Å². The van der Waals surface area contributed by atoms with Crippen LogP contribution in [-0.2, 0) is 10.8 Å². The molecule has 3 nitrogen and oxygen atoms in total. The van der Waals surface area contributed by atoms with E-state index in [1.165, 1.54) is 22.3 Å². The number of fused-ring (bicyclic) bond motifs is 6. The molecule has 0 aliphatic heterocycles. The lowest BCUT2D eigenvalue weighted by Crippen LogP contribution is -2.15. The van der Waals surface area contributed by atoms with Crippen LogP contribution in [0, 0.1) is 22.7 Å². The zero-order valence-electron chi connectivity index (χ0n) is 24.6. The summed E-state index contributed by atoms with van der Waals surface area (Å²) in [6.07, 6.45) is 0. The first kappa shape index (κ1) is 25.8. The topological polar surface area (TPSA) is 52.5 Å². The second-order valence-electron chi connectivity index (χ2n) is 12.8. The normalized spacial score (nSPS) is 13.5. The first-order chi connectivity index (χ1) is 20.2. The number of aromatic nitrogens is 1. The minimum Gasteiger partial charge on any atom is -0.308 e. The van der Waals surface area contributed by atoms with Crippen LogP contribution in [0.25, 0.3) is 49.7 Å². The van der Waals surface area contributed by atoms with E-state index in [1.54, 1.807) is 0 Å². The number of nitrogens with zero attached hydrogens (tertiary/aromatic N) is 3. The summed E-state index contributed by atoms with van der Waals surface area (Å²) in [7, 11) is 0. The molecular formula is C39H31N3. The molecule has 0 saturated carbocycles. The molecule has 0 N–H and O–H groups in total. The lowest BCUT2D eigenvalue weighted by molar-refractivity contribution is 0.592. The van der Waals surface area contributed by atoms with Gasteiger partial charge in [-0.1, -0.05) is 101 Å². The predicted molar refractivity (Wildman–Crippen MR) is 172 cm³/mol. The summed E-state index contributed by atoms with van der Waals surface area (Å²) in [6, 6.07) is 38.7. The summed E-state index contributed by atoms with van der Waals surface area (Å²) in [5.74, 6) is 0. The van der Waals surface area contributed by atoms with Crippen molar-refractivity contribution in [3.63, 3.8) is 0 Å². The van der Waals surface area contributed by atoms with Gasteiger partial charge in [0.05, 0.1) is 33.9 Å². The third-order valence-electron chi connectivity index (χ3n) is 9.04. The summed E-state index contributed by atoms with van der Waals surface area (Å²) < 4.78 is 2.23. The van der Waals surface area contributed by atoms with Crippen molar-refractivity contribution in [3.05, 3.63) is 125 Å². The average Bonchev–Trinajstić information content (AvgIpc) is 3.43. The van der Waals surface area contributed by atoms with Gasteiger partial charge in [-0.05, 0) is 69.1 Å². The highest BCUT2D eigenvalue weighted by Crippen LogP contribution is 2.51. The Labute approximate surface area is 246 Å².